The molecule has 0 aliphatic carbocycles. The maximum absolute atomic E-state index is 12.9. The quantitative estimate of drug-likeness (QED) is 0.512. The molecule has 0 heterocycles. The van der Waals surface area contributed by atoms with Crippen LogP contribution in [-0.2, 0) is 20.0 Å². The summed E-state index contributed by atoms with van der Waals surface area (Å²) in [6, 6.07) is -0.577. The summed E-state index contributed by atoms with van der Waals surface area (Å²) >= 11 is 0. The van der Waals surface area contributed by atoms with E-state index in [-0.39, 0.29) is 12.0 Å². The molecular weight excluding hydrogens is 400 g/mol. The van der Waals surface area contributed by atoms with Crippen LogP contribution < -0.4 is 4.72 Å². The average Bonchev–Trinajstić information content (AvgIpc) is 2.49. The van der Waals surface area contributed by atoms with Crippen LogP contribution in [-0.4, -0.2) is 62.5 Å². The summed E-state index contributed by atoms with van der Waals surface area (Å²) in [7, 11) is -5.48. The predicted molar refractivity (Wildman–Crippen MR) is 116 cm³/mol. The molecule has 9 heteroatoms. The molecule has 1 atom stereocenters. The van der Waals surface area contributed by atoms with Crippen molar-refractivity contribution >= 4 is 20.0 Å². The van der Waals surface area contributed by atoms with Gasteiger partial charge in [-0.3, -0.25) is 0 Å². The third-order valence-electron chi connectivity index (χ3n) is 5.34. The van der Waals surface area contributed by atoms with Crippen molar-refractivity contribution in [2.45, 2.75) is 91.2 Å². The summed E-state index contributed by atoms with van der Waals surface area (Å²) in [5.41, 5.74) is -0.797. The van der Waals surface area contributed by atoms with Crippen LogP contribution in [0, 0.1) is 10.8 Å². The van der Waals surface area contributed by atoms with Crippen molar-refractivity contribution in [1.82, 2.24) is 9.03 Å². The summed E-state index contributed by atoms with van der Waals surface area (Å²) < 4.78 is 53.4. The summed E-state index contributed by atoms with van der Waals surface area (Å²) in [6.07, 6.45) is 0.908. The second kappa shape index (κ2) is 9.29. The van der Waals surface area contributed by atoms with Crippen molar-refractivity contribution in [3.63, 3.8) is 0 Å². The molecule has 0 fully saturated rings. The first-order valence-electron chi connectivity index (χ1n) is 9.77. The zero-order valence-electron chi connectivity index (χ0n) is 19.3. The molecule has 0 aliphatic rings. The highest BCUT2D eigenvalue weighted by Gasteiger charge is 2.40. The van der Waals surface area contributed by atoms with E-state index in [1.165, 1.54) is 4.31 Å². The first kappa shape index (κ1) is 27.8. The summed E-state index contributed by atoms with van der Waals surface area (Å²) in [6.45, 7) is 16.2. The van der Waals surface area contributed by atoms with Crippen LogP contribution in [0.5, 0.6) is 0 Å². The van der Waals surface area contributed by atoms with Gasteiger partial charge >= 0.3 is 0 Å². The van der Waals surface area contributed by atoms with Crippen LogP contribution in [0.4, 0.5) is 0 Å². The lowest BCUT2D eigenvalue weighted by Crippen LogP contribution is -2.52. The molecule has 0 bridgehead atoms. The fraction of sp³-hybridized carbons (Fsp3) is 1.00. The molecule has 0 amide bonds. The van der Waals surface area contributed by atoms with Gasteiger partial charge in [-0.15, -0.1) is 0 Å². The highest BCUT2D eigenvalue weighted by atomic mass is 32.2. The molecule has 28 heavy (non-hydrogen) atoms. The Morgan fingerprint density at radius 1 is 0.929 bits per heavy atom. The summed E-state index contributed by atoms with van der Waals surface area (Å²) in [4.78, 5) is 0. The minimum atomic E-state index is -3.69. The molecule has 0 aromatic rings. The van der Waals surface area contributed by atoms with E-state index in [0.717, 1.165) is 0 Å². The molecular formula is C19H42N2O5S2. The second-order valence-electron chi connectivity index (χ2n) is 10.5. The Kier molecular flexibility index (Phi) is 9.21. The van der Waals surface area contributed by atoms with Crippen LogP contribution in [0.1, 0.15) is 75.2 Å². The summed E-state index contributed by atoms with van der Waals surface area (Å²) in [5.74, 6) is 0. The van der Waals surface area contributed by atoms with E-state index in [1.54, 1.807) is 34.7 Å². The van der Waals surface area contributed by atoms with Crippen LogP contribution in [0.25, 0.3) is 0 Å². The van der Waals surface area contributed by atoms with Gasteiger partial charge in [0, 0.05) is 19.6 Å². The molecule has 2 N–H and O–H groups in total. The number of aliphatic hydroxyl groups is 1. The molecule has 0 aliphatic heterocycles. The van der Waals surface area contributed by atoms with Crippen molar-refractivity contribution < 1.29 is 21.9 Å². The highest BCUT2D eigenvalue weighted by Crippen LogP contribution is 2.32. The minimum absolute atomic E-state index is 0.276. The number of rotatable bonds is 11. The molecule has 0 rings (SSSR count). The number of sulfonamides is 2. The first-order chi connectivity index (χ1) is 12.2. The van der Waals surface area contributed by atoms with E-state index in [2.05, 4.69) is 4.72 Å². The molecule has 0 radical (unpaired) electrons. The third-order valence-corrected chi connectivity index (χ3v) is 9.78. The van der Waals surface area contributed by atoms with Crippen molar-refractivity contribution in [2.75, 3.05) is 20.2 Å². The molecule has 0 saturated carbocycles. The normalized spacial score (nSPS) is 16.0. The lowest BCUT2D eigenvalue weighted by molar-refractivity contribution is 0.175. The smallest absolute Gasteiger partial charge is 0.217 e. The molecule has 0 aromatic heterocycles. The van der Waals surface area contributed by atoms with Gasteiger partial charge in [0.25, 0.3) is 0 Å². The van der Waals surface area contributed by atoms with Crippen LogP contribution in [0.15, 0.2) is 0 Å². The molecule has 7 nitrogen and oxygen atoms in total. The maximum atomic E-state index is 12.9. The molecule has 0 aromatic carbocycles. The first-order valence-corrected chi connectivity index (χ1v) is 12.8. The second-order valence-corrected chi connectivity index (χ2v) is 15.4. The Hall–Kier alpha value is -0.220. The van der Waals surface area contributed by atoms with E-state index in [4.69, 9.17) is 0 Å². The predicted octanol–water partition coefficient (Wildman–Crippen LogP) is 2.57. The fourth-order valence-electron chi connectivity index (χ4n) is 2.74. The Morgan fingerprint density at radius 2 is 1.39 bits per heavy atom. The third kappa shape index (κ3) is 7.55. The van der Waals surface area contributed by atoms with Gasteiger partial charge in [0.05, 0.1) is 16.6 Å². The number of aliphatic hydroxyl groups excluding tert-OH is 1. The van der Waals surface area contributed by atoms with Crippen molar-refractivity contribution in [2.24, 2.45) is 10.8 Å². The molecule has 0 spiro atoms. The lowest BCUT2D eigenvalue weighted by Gasteiger charge is -2.36. The SMILES string of the molecule is CC(C)S(=O)(=O)N(C)CC(C)(C)CCC(C)(C)S(=O)(=O)N[C@@H](CO)C(C)(C)C. The Balaban J connectivity index is 5.24. The maximum Gasteiger partial charge on any atom is 0.217 e. The van der Waals surface area contributed by atoms with Gasteiger partial charge in [0.2, 0.25) is 20.0 Å². The van der Waals surface area contributed by atoms with E-state index < -0.39 is 41.5 Å². The summed E-state index contributed by atoms with van der Waals surface area (Å²) in [5, 5.41) is 9.08. The largest absolute Gasteiger partial charge is 0.395 e. The average molecular weight is 443 g/mol. The lowest BCUT2D eigenvalue weighted by atomic mass is 9.85. The van der Waals surface area contributed by atoms with E-state index >= 15 is 0 Å². The zero-order valence-corrected chi connectivity index (χ0v) is 21.0. The fourth-order valence-corrected chi connectivity index (χ4v) is 5.48. The van der Waals surface area contributed by atoms with Crippen LogP contribution >= 0.6 is 0 Å². The standard InChI is InChI=1S/C19H42N2O5S2/c1-15(2)27(23,24)21(10)14-18(6,7)11-12-19(8,9)28(25,26)20-16(13-22)17(3,4)5/h15-16,20,22H,11-14H2,1-10H3/t16-/m0/s1. The number of hydrogen-bond donors (Lipinski definition) is 2. The van der Waals surface area contributed by atoms with Crippen molar-refractivity contribution in [1.29, 1.82) is 0 Å². The Bertz CT molecular complexity index is 705. The van der Waals surface area contributed by atoms with Gasteiger partial charge in [-0.1, -0.05) is 34.6 Å². The van der Waals surface area contributed by atoms with Gasteiger partial charge in [0.15, 0.2) is 0 Å². The van der Waals surface area contributed by atoms with Crippen LogP contribution in [0.2, 0.25) is 0 Å². The number of nitrogens with zero attached hydrogens (tertiary/aromatic N) is 1. The molecule has 0 saturated heterocycles. The van der Waals surface area contributed by atoms with Gasteiger partial charge in [-0.2, -0.15) is 0 Å². The number of nitrogens with one attached hydrogen (secondary N) is 1. The van der Waals surface area contributed by atoms with Crippen molar-refractivity contribution in [3.05, 3.63) is 0 Å². The topological polar surface area (TPSA) is 104 Å². The van der Waals surface area contributed by atoms with Gasteiger partial charge in [-0.05, 0) is 51.4 Å². The van der Waals surface area contributed by atoms with E-state index in [1.807, 2.05) is 34.6 Å². The van der Waals surface area contributed by atoms with Gasteiger partial charge in [-0.25, -0.2) is 25.9 Å². The highest BCUT2D eigenvalue weighted by molar-refractivity contribution is 7.90. The number of hydrogen-bond acceptors (Lipinski definition) is 5. The Morgan fingerprint density at radius 3 is 1.75 bits per heavy atom. The molecule has 170 valence electrons. The monoisotopic (exact) mass is 442 g/mol. The van der Waals surface area contributed by atoms with E-state index in [9.17, 15) is 21.9 Å². The minimum Gasteiger partial charge on any atom is -0.395 e. The molecule has 0 unspecified atom stereocenters. The van der Waals surface area contributed by atoms with Crippen molar-refractivity contribution in [3.8, 4) is 0 Å². The zero-order chi connectivity index (χ0) is 22.8. The van der Waals surface area contributed by atoms with Gasteiger partial charge in [0.1, 0.15) is 0 Å². The van der Waals surface area contributed by atoms with Crippen LogP contribution in [0.3, 0.4) is 0 Å². The van der Waals surface area contributed by atoms with Gasteiger partial charge < -0.3 is 5.11 Å². The Labute approximate surface area is 173 Å². The van der Waals surface area contributed by atoms with E-state index in [0.29, 0.717) is 19.4 Å².